The molecule has 0 radical (unpaired) electrons. The van der Waals surface area contributed by atoms with Crippen LogP contribution in [0.2, 0.25) is 0 Å². The number of likely N-dealkylation sites (tertiary alicyclic amines) is 1. The smallest absolute Gasteiger partial charge is 0.255 e. The minimum Gasteiger partial charge on any atom is -0.379 e. The average molecular weight is 316 g/mol. The van der Waals surface area contributed by atoms with Gasteiger partial charge in [-0.25, -0.2) is 0 Å². The molecule has 0 aromatic heterocycles. The highest BCUT2D eigenvalue weighted by molar-refractivity contribution is 5.87. The molecular weight excluding hydrogens is 292 g/mol. The summed E-state index contributed by atoms with van der Waals surface area (Å²) in [6.45, 7) is 1.25. The number of piperidine rings is 1. The lowest BCUT2D eigenvalue weighted by molar-refractivity contribution is -0.151. The Morgan fingerprint density at radius 3 is 2.30 bits per heavy atom. The zero-order valence-corrected chi connectivity index (χ0v) is 13.5. The second-order valence-electron chi connectivity index (χ2n) is 6.77. The Kier molecular flexibility index (Phi) is 4.39. The fourth-order valence-corrected chi connectivity index (χ4v) is 3.75. The molecule has 2 N–H and O–H groups in total. The molecule has 1 heterocycles. The van der Waals surface area contributed by atoms with Crippen LogP contribution in [0.1, 0.15) is 30.4 Å². The molecule has 2 amide bonds. The molecule has 0 atom stereocenters. The van der Waals surface area contributed by atoms with Crippen LogP contribution in [0, 0.1) is 5.92 Å². The van der Waals surface area contributed by atoms with E-state index < -0.39 is 5.60 Å². The predicted molar refractivity (Wildman–Crippen MR) is 86.8 cm³/mol. The number of aliphatic hydroxyl groups is 1. The molecule has 0 spiro atoms. The first-order valence-electron chi connectivity index (χ1n) is 8.31. The molecule has 0 saturated carbocycles. The van der Waals surface area contributed by atoms with Crippen LogP contribution in [0.4, 0.5) is 0 Å². The van der Waals surface area contributed by atoms with Crippen LogP contribution >= 0.6 is 0 Å². The fourth-order valence-electron chi connectivity index (χ4n) is 3.75. The van der Waals surface area contributed by atoms with Gasteiger partial charge in [0.25, 0.3) is 5.91 Å². The van der Waals surface area contributed by atoms with Gasteiger partial charge >= 0.3 is 0 Å². The molecule has 1 aliphatic heterocycles. The minimum atomic E-state index is -1.29. The van der Waals surface area contributed by atoms with Gasteiger partial charge in [0, 0.05) is 39.4 Å². The Hall–Kier alpha value is -1.88. The van der Waals surface area contributed by atoms with Gasteiger partial charge in [-0.05, 0) is 29.9 Å². The van der Waals surface area contributed by atoms with Crippen molar-refractivity contribution < 1.29 is 14.7 Å². The van der Waals surface area contributed by atoms with Crippen LogP contribution in [0.15, 0.2) is 24.3 Å². The molecule has 1 fully saturated rings. The third kappa shape index (κ3) is 3.24. The lowest BCUT2D eigenvalue weighted by Crippen LogP contribution is -2.52. The van der Waals surface area contributed by atoms with E-state index >= 15 is 0 Å². The topological polar surface area (TPSA) is 69.6 Å². The van der Waals surface area contributed by atoms with E-state index in [0.717, 1.165) is 24.0 Å². The standard InChI is InChI=1S/C18H24N2O3/c1-19-16(21)10-13-6-8-20(9-7-13)17(22)18(23)11-14-4-2-3-5-15(14)12-18/h2-5,13,23H,6-12H2,1H3,(H,19,21). The molecule has 2 aliphatic rings. The van der Waals surface area contributed by atoms with E-state index in [1.807, 2.05) is 24.3 Å². The highest BCUT2D eigenvalue weighted by Crippen LogP contribution is 2.32. The number of rotatable bonds is 3. The number of hydrogen-bond acceptors (Lipinski definition) is 3. The summed E-state index contributed by atoms with van der Waals surface area (Å²) in [7, 11) is 1.65. The van der Waals surface area contributed by atoms with Gasteiger partial charge < -0.3 is 15.3 Å². The number of carbonyl (C=O) groups excluding carboxylic acids is 2. The van der Waals surface area contributed by atoms with Gasteiger partial charge in [-0.2, -0.15) is 0 Å². The van der Waals surface area contributed by atoms with Gasteiger partial charge in [0.2, 0.25) is 5.91 Å². The van der Waals surface area contributed by atoms with Crippen LogP contribution in [-0.2, 0) is 22.4 Å². The molecule has 124 valence electrons. The van der Waals surface area contributed by atoms with Crippen molar-refractivity contribution in [3.8, 4) is 0 Å². The maximum absolute atomic E-state index is 12.8. The number of carbonyl (C=O) groups is 2. The molecular formula is C18H24N2O3. The molecule has 0 bridgehead atoms. The van der Waals surface area contributed by atoms with E-state index in [4.69, 9.17) is 0 Å². The van der Waals surface area contributed by atoms with Gasteiger partial charge in [0.15, 0.2) is 5.60 Å². The van der Waals surface area contributed by atoms with Crippen molar-refractivity contribution in [2.24, 2.45) is 5.92 Å². The van der Waals surface area contributed by atoms with Crippen LogP contribution in [-0.4, -0.2) is 47.6 Å². The largest absolute Gasteiger partial charge is 0.379 e. The summed E-state index contributed by atoms with van der Waals surface area (Å²) >= 11 is 0. The third-order valence-electron chi connectivity index (χ3n) is 5.14. The number of nitrogens with zero attached hydrogens (tertiary/aromatic N) is 1. The first-order chi connectivity index (χ1) is 11.0. The fraction of sp³-hybridized carbons (Fsp3) is 0.556. The zero-order chi connectivity index (χ0) is 16.4. The van der Waals surface area contributed by atoms with Crippen molar-refractivity contribution in [1.29, 1.82) is 0 Å². The quantitative estimate of drug-likeness (QED) is 0.870. The number of fused-ring (bicyclic) bond motifs is 1. The van der Waals surface area contributed by atoms with Gasteiger partial charge in [-0.3, -0.25) is 9.59 Å². The first-order valence-corrected chi connectivity index (χ1v) is 8.31. The number of benzene rings is 1. The number of hydrogen-bond donors (Lipinski definition) is 2. The lowest BCUT2D eigenvalue weighted by Gasteiger charge is -2.36. The Bertz CT molecular complexity index is 581. The third-order valence-corrected chi connectivity index (χ3v) is 5.14. The molecule has 5 nitrogen and oxygen atoms in total. The van der Waals surface area contributed by atoms with Gasteiger partial charge in [0.05, 0.1) is 0 Å². The van der Waals surface area contributed by atoms with Crippen LogP contribution < -0.4 is 5.32 Å². The number of amides is 2. The summed E-state index contributed by atoms with van der Waals surface area (Å²) in [6, 6.07) is 7.85. The molecule has 0 unspecified atom stereocenters. The maximum Gasteiger partial charge on any atom is 0.255 e. The van der Waals surface area contributed by atoms with E-state index in [9.17, 15) is 14.7 Å². The molecule has 1 aromatic rings. The van der Waals surface area contributed by atoms with Crippen LogP contribution in [0.25, 0.3) is 0 Å². The zero-order valence-electron chi connectivity index (χ0n) is 13.5. The van der Waals surface area contributed by atoms with Crippen molar-refractivity contribution >= 4 is 11.8 Å². The molecule has 1 aliphatic carbocycles. The summed E-state index contributed by atoms with van der Waals surface area (Å²) in [5.41, 5.74) is 0.841. The van der Waals surface area contributed by atoms with E-state index in [1.165, 1.54) is 0 Å². The highest BCUT2D eigenvalue weighted by Gasteiger charge is 2.44. The van der Waals surface area contributed by atoms with Gasteiger partial charge in [0.1, 0.15) is 0 Å². The Balaban J connectivity index is 1.59. The first kappa shape index (κ1) is 16.0. The van der Waals surface area contributed by atoms with Crippen molar-refractivity contribution in [2.75, 3.05) is 20.1 Å². The second kappa shape index (κ2) is 6.32. The molecule has 5 heteroatoms. The molecule has 3 rings (SSSR count). The van der Waals surface area contributed by atoms with Crippen LogP contribution in [0.5, 0.6) is 0 Å². The van der Waals surface area contributed by atoms with E-state index in [0.29, 0.717) is 38.3 Å². The minimum absolute atomic E-state index is 0.0552. The lowest BCUT2D eigenvalue weighted by atomic mass is 9.91. The SMILES string of the molecule is CNC(=O)CC1CCN(C(=O)C2(O)Cc3ccccc3C2)CC1. The maximum atomic E-state index is 12.8. The van der Waals surface area contributed by atoms with E-state index in [2.05, 4.69) is 5.32 Å². The van der Waals surface area contributed by atoms with E-state index in [1.54, 1.807) is 11.9 Å². The molecule has 1 aromatic carbocycles. The monoisotopic (exact) mass is 316 g/mol. The number of nitrogens with one attached hydrogen (secondary N) is 1. The second-order valence-corrected chi connectivity index (χ2v) is 6.77. The van der Waals surface area contributed by atoms with Crippen molar-refractivity contribution in [3.05, 3.63) is 35.4 Å². The highest BCUT2D eigenvalue weighted by atomic mass is 16.3. The Morgan fingerprint density at radius 1 is 1.22 bits per heavy atom. The van der Waals surface area contributed by atoms with Crippen molar-refractivity contribution in [1.82, 2.24) is 10.2 Å². The molecule has 1 saturated heterocycles. The Morgan fingerprint density at radius 2 is 1.78 bits per heavy atom. The predicted octanol–water partition coefficient (Wildman–Crippen LogP) is 0.891. The van der Waals surface area contributed by atoms with Gasteiger partial charge in [-0.1, -0.05) is 24.3 Å². The summed E-state index contributed by atoms with van der Waals surface area (Å²) < 4.78 is 0. The summed E-state index contributed by atoms with van der Waals surface area (Å²) in [6.07, 6.45) is 2.97. The summed E-state index contributed by atoms with van der Waals surface area (Å²) in [5, 5.41) is 13.5. The average Bonchev–Trinajstić information content (AvgIpc) is 2.92. The Labute approximate surface area is 136 Å². The van der Waals surface area contributed by atoms with Crippen LogP contribution in [0.3, 0.4) is 0 Å². The van der Waals surface area contributed by atoms with Crippen molar-refractivity contribution in [3.63, 3.8) is 0 Å². The summed E-state index contributed by atoms with van der Waals surface area (Å²) in [4.78, 5) is 26.0. The van der Waals surface area contributed by atoms with E-state index in [-0.39, 0.29) is 11.8 Å². The molecule has 23 heavy (non-hydrogen) atoms. The van der Waals surface area contributed by atoms with Gasteiger partial charge in [-0.15, -0.1) is 0 Å². The normalized spacial score (nSPS) is 20.2. The van der Waals surface area contributed by atoms with Crippen molar-refractivity contribution in [2.45, 2.75) is 37.7 Å². The summed E-state index contributed by atoms with van der Waals surface area (Å²) in [5.74, 6) is 0.223.